The van der Waals surface area contributed by atoms with Crippen LogP contribution in [0.5, 0.6) is 0 Å². The fourth-order valence-corrected chi connectivity index (χ4v) is 2.40. The van der Waals surface area contributed by atoms with Gasteiger partial charge in [0.05, 0.1) is 0 Å². The molecule has 0 aliphatic rings. The molecule has 0 radical (unpaired) electrons. The third kappa shape index (κ3) is 3.09. The second-order valence-electron chi connectivity index (χ2n) is 4.86. The molecule has 110 valence electrons. The van der Waals surface area contributed by atoms with E-state index in [1.54, 1.807) is 6.07 Å². The molecule has 0 spiro atoms. The lowest BCUT2D eigenvalue weighted by molar-refractivity contribution is 0.0988. The number of nitrogens with zero attached hydrogens (tertiary/aromatic N) is 1. The molecule has 0 aliphatic carbocycles. The Balaban J connectivity index is 1.81. The van der Waals surface area contributed by atoms with Gasteiger partial charge in [-0.05, 0) is 24.6 Å². The zero-order valence-corrected chi connectivity index (χ0v) is 13.4. The van der Waals surface area contributed by atoms with Crippen molar-refractivity contribution in [2.45, 2.75) is 6.92 Å². The molecule has 0 bridgehead atoms. The van der Waals surface area contributed by atoms with Crippen LogP contribution in [0.1, 0.15) is 16.1 Å². The SMILES string of the molecule is Cc1ccc(Br)cc1NC(=O)c1cc(-c2ccccc2)no1. The molecule has 4 nitrogen and oxygen atoms in total. The van der Waals surface area contributed by atoms with Gasteiger partial charge in [0.1, 0.15) is 5.69 Å². The van der Waals surface area contributed by atoms with E-state index in [4.69, 9.17) is 4.52 Å². The smallest absolute Gasteiger partial charge is 0.294 e. The molecule has 5 heteroatoms. The highest BCUT2D eigenvalue weighted by atomic mass is 79.9. The Morgan fingerprint density at radius 1 is 1.14 bits per heavy atom. The molecule has 0 fully saturated rings. The van der Waals surface area contributed by atoms with E-state index in [-0.39, 0.29) is 11.7 Å². The van der Waals surface area contributed by atoms with E-state index in [2.05, 4.69) is 26.4 Å². The molecule has 1 aromatic heterocycles. The van der Waals surface area contributed by atoms with Crippen molar-refractivity contribution >= 4 is 27.5 Å². The average molecular weight is 357 g/mol. The first-order chi connectivity index (χ1) is 10.6. The third-order valence-electron chi connectivity index (χ3n) is 3.25. The number of hydrogen-bond donors (Lipinski definition) is 1. The van der Waals surface area contributed by atoms with Gasteiger partial charge < -0.3 is 9.84 Å². The third-order valence-corrected chi connectivity index (χ3v) is 3.74. The lowest BCUT2D eigenvalue weighted by atomic mass is 10.1. The highest BCUT2D eigenvalue weighted by molar-refractivity contribution is 9.10. The number of hydrogen-bond acceptors (Lipinski definition) is 3. The van der Waals surface area contributed by atoms with Crippen LogP contribution in [0.2, 0.25) is 0 Å². The maximum absolute atomic E-state index is 12.3. The van der Waals surface area contributed by atoms with Crippen molar-refractivity contribution in [3.05, 3.63) is 70.4 Å². The van der Waals surface area contributed by atoms with E-state index >= 15 is 0 Å². The highest BCUT2D eigenvalue weighted by Gasteiger charge is 2.15. The van der Waals surface area contributed by atoms with E-state index in [1.807, 2.05) is 55.5 Å². The van der Waals surface area contributed by atoms with E-state index < -0.39 is 0 Å². The zero-order valence-electron chi connectivity index (χ0n) is 11.8. The molecule has 0 saturated heterocycles. The summed E-state index contributed by atoms with van der Waals surface area (Å²) in [6, 6.07) is 16.9. The van der Waals surface area contributed by atoms with Gasteiger partial charge in [-0.1, -0.05) is 57.5 Å². The van der Waals surface area contributed by atoms with Gasteiger partial charge in [-0.25, -0.2) is 0 Å². The summed E-state index contributed by atoms with van der Waals surface area (Å²) in [6.45, 7) is 1.93. The Kier molecular flexibility index (Phi) is 4.06. The quantitative estimate of drug-likeness (QED) is 0.741. The number of benzene rings is 2. The standard InChI is InChI=1S/C17H13BrN2O2/c1-11-7-8-13(18)9-14(11)19-17(21)16-10-15(20-22-16)12-5-3-2-4-6-12/h2-10H,1H3,(H,19,21). The van der Waals surface area contributed by atoms with Crippen molar-refractivity contribution < 1.29 is 9.32 Å². The molecular weight excluding hydrogens is 344 g/mol. The summed E-state index contributed by atoms with van der Waals surface area (Å²) in [5.41, 5.74) is 3.25. The second-order valence-corrected chi connectivity index (χ2v) is 5.77. The highest BCUT2D eigenvalue weighted by Crippen LogP contribution is 2.23. The summed E-state index contributed by atoms with van der Waals surface area (Å²) in [4.78, 5) is 12.3. The van der Waals surface area contributed by atoms with Gasteiger partial charge in [0.2, 0.25) is 5.76 Å². The molecule has 0 unspecified atom stereocenters. The van der Waals surface area contributed by atoms with Gasteiger partial charge >= 0.3 is 0 Å². The lowest BCUT2D eigenvalue weighted by Crippen LogP contribution is -2.11. The zero-order chi connectivity index (χ0) is 15.5. The van der Waals surface area contributed by atoms with Crippen molar-refractivity contribution in [3.8, 4) is 11.3 Å². The fourth-order valence-electron chi connectivity index (χ4n) is 2.04. The molecule has 0 aliphatic heterocycles. The van der Waals surface area contributed by atoms with Gasteiger partial charge in [-0.3, -0.25) is 4.79 Å². The van der Waals surface area contributed by atoms with Crippen LogP contribution in [0, 0.1) is 6.92 Å². The molecule has 1 heterocycles. The summed E-state index contributed by atoms with van der Waals surface area (Å²) in [6.07, 6.45) is 0. The van der Waals surface area contributed by atoms with Gasteiger partial charge in [-0.2, -0.15) is 0 Å². The van der Waals surface area contributed by atoms with Crippen LogP contribution in [-0.2, 0) is 0 Å². The Bertz CT molecular complexity index is 813. The number of aryl methyl sites for hydroxylation is 1. The number of anilines is 1. The lowest BCUT2D eigenvalue weighted by Gasteiger charge is -2.06. The fraction of sp³-hybridized carbons (Fsp3) is 0.0588. The van der Waals surface area contributed by atoms with E-state index in [1.165, 1.54) is 0 Å². The number of carbonyl (C=O) groups is 1. The molecule has 3 aromatic rings. The van der Waals surface area contributed by atoms with Crippen LogP contribution in [0.4, 0.5) is 5.69 Å². The molecule has 3 rings (SSSR count). The number of amides is 1. The predicted molar refractivity (Wildman–Crippen MR) is 88.8 cm³/mol. The topological polar surface area (TPSA) is 55.1 Å². The summed E-state index contributed by atoms with van der Waals surface area (Å²) >= 11 is 3.39. The minimum atomic E-state index is -0.323. The number of aromatic nitrogens is 1. The van der Waals surface area contributed by atoms with Crippen LogP contribution in [0.3, 0.4) is 0 Å². The van der Waals surface area contributed by atoms with E-state index in [0.29, 0.717) is 5.69 Å². The van der Waals surface area contributed by atoms with Crippen LogP contribution in [-0.4, -0.2) is 11.1 Å². The van der Waals surface area contributed by atoms with Crippen LogP contribution in [0.15, 0.2) is 63.6 Å². The van der Waals surface area contributed by atoms with Gasteiger partial charge in [-0.15, -0.1) is 0 Å². The second kappa shape index (κ2) is 6.15. The van der Waals surface area contributed by atoms with E-state index in [9.17, 15) is 4.79 Å². The summed E-state index contributed by atoms with van der Waals surface area (Å²) in [5.74, 6) is -0.144. The molecular formula is C17H13BrN2O2. The summed E-state index contributed by atoms with van der Waals surface area (Å²) < 4.78 is 6.05. The largest absolute Gasteiger partial charge is 0.350 e. The predicted octanol–water partition coefficient (Wildman–Crippen LogP) is 4.66. The van der Waals surface area contributed by atoms with E-state index in [0.717, 1.165) is 21.3 Å². The van der Waals surface area contributed by atoms with Crippen molar-refractivity contribution in [2.24, 2.45) is 0 Å². The van der Waals surface area contributed by atoms with Gasteiger partial charge in [0.15, 0.2) is 0 Å². The Labute approximate surface area is 136 Å². The number of rotatable bonds is 3. The first-order valence-electron chi connectivity index (χ1n) is 6.73. The molecule has 1 amide bonds. The minimum Gasteiger partial charge on any atom is -0.350 e. The average Bonchev–Trinajstić information content (AvgIpc) is 3.02. The van der Waals surface area contributed by atoms with Crippen LogP contribution in [0.25, 0.3) is 11.3 Å². The Hall–Kier alpha value is -2.40. The number of nitrogens with one attached hydrogen (secondary N) is 1. The van der Waals surface area contributed by atoms with Crippen LogP contribution >= 0.6 is 15.9 Å². The van der Waals surface area contributed by atoms with Gasteiger partial charge in [0.25, 0.3) is 5.91 Å². The molecule has 1 N–H and O–H groups in total. The molecule has 22 heavy (non-hydrogen) atoms. The van der Waals surface area contributed by atoms with Crippen molar-refractivity contribution in [1.29, 1.82) is 0 Å². The monoisotopic (exact) mass is 356 g/mol. The van der Waals surface area contributed by atoms with Crippen molar-refractivity contribution in [2.75, 3.05) is 5.32 Å². The normalized spacial score (nSPS) is 10.5. The number of halogens is 1. The summed E-state index contributed by atoms with van der Waals surface area (Å²) in [7, 11) is 0. The maximum atomic E-state index is 12.3. The van der Waals surface area contributed by atoms with Crippen LogP contribution < -0.4 is 5.32 Å². The molecule has 0 atom stereocenters. The maximum Gasteiger partial charge on any atom is 0.294 e. The van der Waals surface area contributed by atoms with Crippen molar-refractivity contribution in [3.63, 3.8) is 0 Å². The van der Waals surface area contributed by atoms with Gasteiger partial charge in [0, 0.05) is 21.8 Å². The minimum absolute atomic E-state index is 0.179. The molecule has 0 saturated carbocycles. The Morgan fingerprint density at radius 2 is 1.91 bits per heavy atom. The first-order valence-corrected chi connectivity index (χ1v) is 7.52. The number of carbonyl (C=O) groups excluding carboxylic acids is 1. The summed E-state index contributed by atoms with van der Waals surface area (Å²) in [5, 5.41) is 6.77. The first kappa shape index (κ1) is 14.5. The Morgan fingerprint density at radius 3 is 2.68 bits per heavy atom. The molecule has 2 aromatic carbocycles. The van der Waals surface area contributed by atoms with Crippen molar-refractivity contribution in [1.82, 2.24) is 5.16 Å².